The summed E-state index contributed by atoms with van der Waals surface area (Å²) in [6.45, 7) is 0.588. The minimum atomic E-state index is 0.574. The van der Waals surface area contributed by atoms with Crippen LogP contribution in [-0.2, 0) is 0 Å². The molecular weight excluding hydrogens is 304 g/mol. The Labute approximate surface area is 132 Å². The molecule has 0 bridgehead atoms. The molecule has 0 N–H and O–H groups in total. The minimum absolute atomic E-state index is 0.574. The molecule has 0 aliphatic rings. The average Bonchev–Trinajstić information content (AvgIpc) is 2.96. The molecule has 1 heterocycles. The van der Waals surface area contributed by atoms with E-state index >= 15 is 0 Å². The number of aromatic nitrogens is 2. The van der Waals surface area contributed by atoms with Gasteiger partial charge in [0.2, 0.25) is 5.13 Å². The fraction of sp³-hybridized carbons (Fsp3) is 0.357. The van der Waals surface area contributed by atoms with E-state index in [2.05, 4.69) is 16.3 Å². The van der Waals surface area contributed by atoms with Crippen LogP contribution in [0.5, 0.6) is 5.75 Å². The van der Waals surface area contributed by atoms with E-state index in [4.69, 9.17) is 10.00 Å². The maximum Gasteiger partial charge on any atom is 0.208 e. The number of hydrogen-bond acceptors (Lipinski definition) is 7. The highest BCUT2D eigenvalue weighted by molar-refractivity contribution is 8.01. The number of para-hydroxylation sites is 1. The molecule has 0 saturated heterocycles. The summed E-state index contributed by atoms with van der Waals surface area (Å²) in [6, 6.07) is 9.40. The highest BCUT2D eigenvalue weighted by Gasteiger charge is 2.06. The molecule has 110 valence electrons. The van der Waals surface area contributed by atoms with Crippen LogP contribution in [0.3, 0.4) is 0 Å². The summed E-state index contributed by atoms with van der Waals surface area (Å²) < 4.78 is 6.60. The zero-order valence-corrected chi connectivity index (χ0v) is 13.6. The van der Waals surface area contributed by atoms with Crippen LogP contribution in [0.15, 0.2) is 28.6 Å². The van der Waals surface area contributed by atoms with Gasteiger partial charge >= 0.3 is 0 Å². The predicted molar refractivity (Wildman–Crippen MR) is 86.2 cm³/mol. The fourth-order valence-electron chi connectivity index (χ4n) is 1.53. The number of hydrogen-bond donors (Lipinski definition) is 0. The molecule has 0 radical (unpaired) electrons. The maximum atomic E-state index is 8.96. The Morgan fingerprint density at radius 3 is 2.86 bits per heavy atom. The van der Waals surface area contributed by atoms with E-state index in [0.717, 1.165) is 21.6 Å². The quantitative estimate of drug-likeness (QED) is 0.577. The Bertz CT molecular complexity index is 621. The summed E-state index contributed by atoms with van der Waals surface area (Å²) in [5, 5.41) is 18.1. The van der Waals surface area contributed by atoms with E-state index in [9.17, 15) is 0 Å². The van der Waals surface area contributed by atoms with Crippen molar-refractivity contribution in [2.45, 2.75) is 10.8 Å². The first-order valence-electron chi connectivity index (χ1n) is 6.46. The molecule has 2 rings (SSSR count). The van der Waals surface area contributed by atoms with Crippen molar-refractivity contribution in [2.75, 3.05) is 31.4 Å². The second kappa shape index (κ2) is 7.86. The molecule has 1 aromatic carbocycles. The number of thioether (sulfide) groups is 1. The van der Waals surface area contributed by atoms with Crippen LogP contribution in [0.4, 0.5) is 5.13 Å². The molecule has 1 aromatic heterocycles. The van der Waals surface area contributed by atoms with Gasteiger partial charge < -0.3 is 9.64 Å². The van der Waals surface area contributed by atoms with Gasteiger partial charge in [0.1, 0.15) is 11.8 Å². The van der Waals surface area contributed by atoms with Crippen molar-refractivity contribution >= 4 is 28.2 Å². The Morgan fingerprint density at radius 1 is 1.33 bits per heavy atom. The number of anilines is 1. The van der Waals surface area contributed by atoms with Gasteiger partial charge in [-0.15, -0.1) is 10.2 Å². The lowest BCUT2D eigenvalue weighted by Crippen LogP contribution is -2.07. The number of rotatable bonds is 7. The maximum absolute atomic E-state index is 8.96. The molecule has 0 unspecified atom stereocenters. The van der Waals surface area contributed by atoms with Gasteiger partial charge in [-0.25, -0.2) is 0 Å². The van der Waals surface area contributed by atoms with Gasteiger partial charge in [0.05, 0.1) is 12.2 Å². The topological polar surface area (TPSA) is 62.0 Å². The Hall–Kier alpha value is -1.78. The molecule has 2 aromatic rings. The van der Waals surface area contributed by atoms with Crippen LogP contribution in [0, 0.1) is 11.3 Å². The van der Waals surface area contributed by atoms with Crippen LogP contribution in [0.25, 0.3) is 0 Å². The van der Waals surface area contributed by atoms with Gasteiger partial charge in [0.15, 0.2) is 4.34 Å². The lowest BCUT2D eigenvalue weighted by Gasteiger charge is -2.06. The van der Waals surface area contributed by atoms with Crippen molar-refractivity contribution in [2.24, 2.45) is 0 Å². The zero-order chi connectivity index (χ0) is 15.1. The molecule has 0 fully saturated rings. The summed E-state index contributed by atoms with van der Waals surface area (Å²) in [6.07, 6.45) is 0.890. The monoisotopic (exact) mass is 320 g/mol. The minimum Gasteiger partial charge on any atom is -0.492 e. The Morgan fingerprint density at radius 2 is 2.14 bits per heavy atom. The van der Waals surface area contributed by atoms with E-state index in [-0.39, 0.29) is 0 Å². The summed E-state index contributed by atoms with van der Waals surface area (Å²) in [4.78, 5) is 1.95. The third-order valence-corrected chi connectivity index (χ3v) is 4.87. The van der Waals surface area contributed by atoms with E-state index < -0.39 is 0 Å². The first kappa shape index (κ1) is 15.6. The number of ether oxygens (including phenoxy) is 1. The average molecular weight is 320 g/mol. The summed E-state index contributed by atoms with van der Waals surface area (Å²) in [5.41, 5.74) is 0.574. The fourth-order valence-corrected chi connectivity index (χ4v) is 3.27. The second-order valence-electron chi connectivity index (χ2n) is 4.40. The third-order valence-electron chi connectivity index (χ3n) is 2.56. The van der Waals surface area contributed by atoms with Gasteiger partial charge in [-0.1, -0.05) is 35.2 Å². The van der Waals surface area contributed by atoms with Crippen molar-refractivity contribution < 1.29 is 4.74 Å². The van der Waals surface area contributed by atoms with Crippen molar-refractivity contribution in [3.63, 3.8) is 0 Å². The third kappa shape index (κ3) is 4.62. The van der Waals surface area contributed by atoms with E-state index in [1.54, 1.807) is 29.2 Å². The van der Waals surface area contributed by atoms with E-state index in [1.165, 1.54) is 0 Å². The highest BCUT2D eigenvalue weighted by Crippen LogP contribution is 2.27. The van der Waals surface area contributed by atoms with Crippen LogP contribution >= 0.6 is 23.1 Å². The lowest BCUT2D eigenvalue weighted by atomic mass is 10.2. The molecule has 5 nitrogen and oxygen atoms in total. The summed E-state index contributed by atoms with van der Waals surface area (Å²) in [5.74, 6) is 1.56. The normalized spacial score (nSPS) is 10.1. The molecule has 0 aliphatic carbocycles. The zero-order valence-electron chi connectivity index (χ0n) is 11.9. The van der Waals surface area contributed by atoms with Gasteiger partial charge in [-0.3, -0.25) is 0 Å². The lowest BCUT2D eigenvalue weighted by molar-refractivity contribution is 0.318. The molecule has 0 amide bonds. The standard InChI is InChI=1S/C14H16N4OS2/c1-18(2)13-16-17-14(21-13)20-9-5-8-19-12-7-4-3-6-11(12)10-15/h3-4,6-7H,5,8-9H2,1-2H3. The molecule has 7 heteroatoms. The second-order valence-corrected chi connectivity index (χ2v) is 6.70. The molecular formula is C14H16N4OS2. The number of nitrogens with zero attached hydrogens (tertiary/aromatic N) is 4. The molecule has 0 atom stereocenters. The van der Waals surface area contributed by atoms with Gasteiger partial charge in [-0.05, 0) is 18.6 Å². The van der Waals surface area contributed by atoms with Crippen molar-refractivity contribution in [1.29, 1.82) is 5.26 Å². The van der Waals surface area contributed by atoms with Crippen LogP contribution < -0.4 is 9.64 Å². The molecule has 0 spiro atoms. The molecule has 0 aliphatic heterocycles. The van der Waals surface area contributed by atoms with Crippen LogP contribution in [0.1, 0.15) is 12.0 Å². The molecule has 0 saturated carbocycles. The predicted octanol–water partition coefficient (Wildman–Crippen LogP) is 3.04. The number of benzene rings is 1. The first-order chi connectivity index (χ1) is 10.2. The SMILES string of the molecule is CN(C)c1nnc(SCCCOc2ccccc2C#N)s1. The van der Waals surface area contributed by atoms with Gasteiger partial charge in [-0.2, -0.15) is 5.26 Å². The van der Waals surface area contributed by atoms with Crippen molar-refractivity contribution in [3.8, 4) is 11.8 Å². The van der Waals surface area contributed by atoms with Crippen LogP contribution in [-0.4, -0.2) is 36.7 Å². The van der Waals surface area contributed by atoms with Crippen molar-refractivity contribution in [3.05, 3.63) is 29.8 Å². The summed E-state index contributed by atoms with van der Waals surface area (Å²) >= 11 is 3.26. The Kier molecular flexibility index (Phi) is 5.84. The van der Waals surface area contributed by atoms with Crippen molar-refractivity contribution in [1.82, 2.24) is 10.2 Å². The van der Waals surface area contributed by atoms with Gasteiger partial charge in [0, 0.05) is 19.8 Å². The molecule has 21 heavy (non-hydrogen) atoms. The van der Waals surface area contributed by atoms with E-state index in [0.29, 0.717) is 17.9 Å². The highest BCUT2D eigenvalue weighted by atomic mass is 32.2. The summed E-state index contributed by atoms with van der Waals surface area (Å²) in [7, 11) is 3.91. The Balaban J connectivity index is 1.71. The largest absolute Gasteiger partial charge is 0.492 e. The smallest absolute Gasteiger partial charge is 0.208 e. The van der Waals surface area contributed by atoms with E-state index in [1.807, 2.05) is 37.2 Å². The first-order valence-corrected chi connectivity index (χ1v) is 8.26. The van der Waals surface area contributed by atoms with Crippen LogP contribution in [0.2, 0.25) is 0 Å². The van der Waals surface area contributed by atoms with Gasteiger partial charge in [0.25, 0.3) is 0 Å². The number of nitriles is 1.